The Bertz CT molecular complexity index is 552. The molecule has 2 rings (SSSR count). The molecule has 88 valence electrons. The monoisotopic (exact) mass is 285 g/mol. The molecular weight excluding hydrogens is 277 g/mol. The molecule has 0 amide bonds. The number of hydrogen-bond donors (Lipinski definition) is 1. The summed E-state index contributed by atoms with van der Waals surface area (Å²) in [4.78, 5) is 0. The van der Waals surface area contributed by atoms with E-state index in [0.29, 0.717) is 21.6 Å². The molecule has 0 saturated heterocycles. The first-order valence-corrected chi connectivity index (χ1v) is 6.19. The number of rotatable bonds is 2. The van der Waals surface area contributed by atoms with Crippen molar-refractivity contribution in [1.29, 1.82) is 0 Å². The lowest BCUT2D eigenvalue weighted by molar-refractivity contribution is 1.07. The van der Waals surface area contributed by atoms with E-state index in [1.807, 2.05) is 30.3 Å². The van der Waals surface area contributed by atoms with Crippen LogP contribution in [0, 0.1) is 0 Å². The average Bonchev–Trinajstić information content (AvgIpc) is 2.33. The van der Waals surface area contributed by atoms with Crippen molar-refractivity contribution in [2.75, 3.05) is 0 Å². The lowest BCUT2D eigenvalue weighted by atomic mass is 10.0. The van der Waals surface area contributed by atoms with Crippen LogP contribution in [0.1, 0.15) is 5.56 Å². The van der Waals surface area contributed by atoms with E-state index in [9.17, 15) is 0 Å². The molecule has 2 aromatic carbocycles. The number of benzene rings is 2. The Balaban J connectivity index is 2.57. The topological polar surface area (TPSA) is 26.0 Å². The maximum absolute atomic E-state index is 6.21. The normalized spacial score (nSPS) is 10.6. The summed E-state index contributed by atoms with van der Waals surface area (Å²) in [7, 11) is 0. The third kappa shape index (κ3) is 2.58. The molecule has 0 aliphatic carbocycles. The first kappa shape index (κ1) is 12.7. The Labute approximate surface area is 115 Å². The van der Waals surface area contributed by atoms with Crippen LogP contribution in [0.5, 0.6) is 0 Å². The van der Waals surface area contributed by atoms with Gasteiger partial charge in [0.05, 0.1) is 10.0 Å². The second-order valence-corrected chi connectivity index (χ2v) is 4.81. The minimum absolute atomic E-state index is 0.462. The third-order valence-electron chi connectivity index (χ3n) is 2.51. The molecule has 1 nitrogen and oxygen atoms in total. The quantitative estimate of drug-likeness (QED) is 0.845. The summed E-state index contributed by atoms with van der Waals surface area (Å²) in [6.07, 6.45) is 0. The number of nitrogens with two attached hydrogens (primary N) is 1. The second kappa shape index (κ2) is 5.28. The van der Waals surface area contributed by atoms with Crippen LogP contribution in [0.3, 0.4) is 0 Å². The van der Waals surface area contributed by atoms with Gasteiger partial charge in [-0.05, 0) is 17.7 Å². The molecular formula is C13H10Cl3N. The summed E-state index contributed by atoms with van der Waals surface area (Å²) in [5, 5.41) is 1.65. The smallest absolute Gasteiger partial charge is 0.0671 e. The first-order valence-electron chi connectivity index (χ1n) is 5.06. The molecule has 0 radical (unpaired) electrons. The molecule has 0 aliphatic rings. The minimum atomic E-state index is 0.462. The van der Waals surface area contributed by atoms with E-state index in [1.165, 1.54) is 0 Å². The van der Waals surface area contributed by atoms with Gasteiger partial charge in [-0.15, -0.1) is 0 Å². The predicted octanol–water partition coefficient (Wildman–Crippen LogP) is 4.77. The molecule has 0 unspecified atom stereocenters. The molecule has 4 heteroatoms. The molecule has 17 heavy (non-hydrogen) atoms. The van der Waals surface area contributed by atoms with Crippen molar-refractivity contribution < 1.29 is 0 Å². The van der Waals surface area contributed by atoms with E-state index in [4.69, 9.17) is 40.5 Å². The van der Waals surface area contributed by atoms with Gasteiger partial charge in [-0.2, -0.15) is 0 Å². The molecule has 0 aromatic heterocycles. The summed E-state index contributed by atoms with van der Waals surface area (Å²) in [5.74, 6) is 0. The van der Waals surface area contributed by atoms with E-state index in [-0.39, 0.29) is 0 Å². The zero-order chi connectivity index (χ0) is 12.4. The van der Waals surface area contributed by atoms with E-state index in [2.05, 4.69) is 0 Å². The summed E-state index contributed by atoms with van der Waals surface area (Å²) in [5.41, 5.74) is 8.22. The van der Waals surface area contributed by atoms with Gasteiger partial charge in [0.2, 0.25) is 0 Å². The van der Waals surface area contributed by atoms with Gasteiger partial charge in [0, 0.05) is 22.7 Å². The van der Waals surface area contributed by atoms with Crippen LogP contribution in [0.2, 0.25) is 15.1 Å². The van der Waals surface area contributed by atoms with Crippen molar-refractivity contribution in [2.24, 2.45) is 5.73 Å². The van der Waals surface area contributed by atoms with Gasteiger partial charge in [0.15, 0.2) is 0 Å². The first-order chi connectivity index (χ1) is 8.13. The third-order valence-corrected chi connectivity index (χ3v) is 3.64. The maximum atomic E-state index is 6.21. The molecule has 0 aliphatic heterocycles. The predicted molar refractivity (Wildman–Crippen MR) is 74.8 cm³/mol. The van der Waals surface area contributed by atoms with Crippen LogP contribution in [-0.4, -0.2) is 0 Å². The molecule has 2 aromatic rings. The Morgan fingerprint density at radius 1 is 0.882 bits per heavy atom. The van der Waals surface area contributed by atoms with Crippen LogP contribution >= 0.6 is 34.8 Å². The molecule has 0 saturated carbocycles. The highest BCUT2D eigenvalue weighted by molar-refractivity contribution is 6.44. The molecule has 0 heterocycles. The lowest BCUT2D eigenvalue weighted by Gasteiger charge is -2.09. The van der Waals surface area contributed by atoms with Gasteiger partial charge >= 0.3 is 0 Å². The van der Waals surface area contributed by atoms with Crippen LogP contribution in [0.25, 0.3) is 11.1 Å². The highest BCUT2D eigenvalue weighted by atomic mass is 35.5. The highest BCUT2D eigenvalue weighted by Crippen LogP contribution is 2.37. The van der Waals surface area contributed by atoms with Gasteiger partial charge < -0.3 is 5.73 Å². The summed E-state index contributed by atoms with van der Waals surface area (Å²) < 4.78 is 0. The second-order valence-electron chi connectivity index (χ2n) is 3.62. The van der Waals surface area contributed by atoms with E-state index >= 15 is 0 Å². The molecule has 0 spiro atoms. The van der Waals surface area contributed by atoms with Gasteiger partial charge in [0.25, 0.3) is 0 Å². The Hall–Kier alpha value is -0.730. The molecule has 2 N–H and O–H groups in total. The van der Waals surface area contributed by atoms with Gasteiger partial charge in [-0.3, -0.25) is 0 Å². The standard InChI is InChI=1S/C13H10Cl3N/c14-11-3-1-2-10(13(11)16)9-5-4-8(7-17)6-12(9)15/h1-6H,7,17H2. The average molecular weight is 287 g/mol. The SMILES string of the molecule is NCc1ccc(-c2cccc(Cl)c2Cl)c(Cl)c1. The maximum Gasteiger partial charge on any atom is 0.0671 e. The van der Waals surface area contributed by atoms with Crippen molar-refractivity contribution in [3.8, 4) is 11.1 Å². The Kier molecular flexibility index (Phi) is 3.95. The van der Waals surface area contributed by atoms with Crippen LogP contribution in [-0.2, 0) is 6.54 Å². The van der Waals surface area contributed by atoms with Crippen molar-refractivity contribution >= 4 is 34.8 Å². The van der Waals surface area contributed by atoms with Gasteiger partial charge in [-0.1, -0.05) is 59.1 Å². The van der Waals surface area contributed by atoms with Crippen LogP contribution < -0.4 is 5.73 Å². The molecule has 0 bridgehead atoms. The zero-order valence-electron chi connectivity index (χ0n) is 8.88. The number of halogens is 3. The van der Waals surface area contributed by atoms with Crippen molar-refractivity contribution in [3.63, 3.8) is 0 Å². The minimum Gasteiger partial charge on any atom is -0.326 e. The fourth-order valence-electron chi connectivity index (χ4n) is 1.62. The molecule has 0 fully saturated rings. The summed E-state index contributed by atoms with van der Waals surface area (Å²) in [6, 6.07) is 11.2. The Morgan fingerprint density at radius 2 is 1.65 bits per heavy atom. The summed E-state index contributed by atoms with van der Waals surface area (Å²) >= 11 is 18.3. The fourth-order valence-corrected chi connectivity index (χ4v) is 2.32. The Morgan fingerprint density at radius 3 is 2.29 bits per heavy atom. The highest BCUT2D eigenvalue weighted by Gasteiger charge is 2.10. The zero-order valence-corrected chi connectivity index (χ0v) is 11.2. The van der Waals surface area contributed by atoms with Gasteiger partial charge in [-0.25, -0.2) is 0 Å². The van der Waals surface area contributed by atoms with Crippen molar-refractivity contribution in [1.82, 2.24) is 0 Å². The number of hydrogen-bond acceptors (Lipinski definition) is 1. The fraction of sp³-hybridized carbons (Fsp3) is 0.0769. The lowest BCUT2D eigenvalue weighted by Crippen LogP contribution is -1.96. The van der Waals surface area contributed by atoms with Crippen LogP contribution in [0.4, 0.5) is 0 Å². The van der Waals surface area contributed by atoms with Crippen molar-refractivity contribution in [3.05, 3.63) is 57.0 Å². The summed E-state index contributed by atoms with van der Waals surface area (Å²) in [6.45, 7) is 0.462. The van der Waals surface area contributed by atoms with E-state index in [0.717, 1.165) is 16.7 Å². The largest absolute Gasteiger partial charge is 0.326 e. The van der Waals surface area contributed by atoms with Crippen LogP contribution in [0.15, 0.2) is 36.4 Å². The van der Waals surface area contributed by atoms with Gasteiger partial charge in [0.1, 0.15) is 0 Å². The van der Waals surface area contributed by atoms with E-state index < -0.39 is 0 Å². The molecule has 0 atom stereocenters. The van der Waals surface area contributed by atoms with Crippen molar-refractivity contribution in [2.45, 2.75) is 6.54 Å². The van der Waals surface area contributed by atoms with E-state index in [1.54, 1.807) is 6.07 Å².